The summed E-state index contributed by atoms with van der Waals surface area (Å²) in [5, 5.41) is 10.8. The average molecular weight is 280 g/mol. The number of carbonyl (C=O) groups excluding carboxylic acids is 1. The van der Waals surface area contributed by atoms with E-state index in [1.54, 1.807) is 12.1 Å². The van der Waals surface area contributed by atoms with Crippen LogP contribution in [0.5, 0.6) is 0 Å². The summed E-state index contributed by atoms with van der Waals surface area (Å²) in [6, 6.07) is 7.52. The number of furan rings is 1. The molecule has 0 saturated carbocycles. The van der Waals surface area contributed by atoms with Crippen LogP contribution in [0.25, 0.3) is 11.3 Å². The van der Waals surface area contributed by atoms with E-state index in [9.17, 15) is 14.9 Å². The monoisotopic (exact) mass is 279 g/mol. The highest BCUT2D eigenvalue weighted by atomic mass is 35.5. The van der Waals surface area contributed by atoms with E-state index in [2.05, 4.69) is 0 Å². The molecule has 5 nitrogen and oxygen atoms in total. The molecule has 0 radical (unpaired) electrons. The van der Waals surface area contributed by atoms with Crippen LogP contribution in [-0.2, 0) is 11.2 Å². The summed E-state index contributed by atoms with van der Waals surface area (Å²) in [4.78, 5) is 21.1. The third-order valence-corrected chi connectivity index (χ3v) is 2.83. The molecule has 1 heterocycles. The highest BCUT2D eigenvalue weighted by Crippen LogP contribution is 2.32. The molecule has 0 N–H and O–H groups in total. The molecule has 0 unspecified atom stereocenters. The van der Waals surface area contributed by atoms with Crippen molar-refractivity contribution in [3.05, 3.63) is 51.2 Å². The second-order valence-electron chi connectivity index (χ2n) is 4.07. The number of nitro groups is 1. The Morgan fingerprint density at radius 2 is 2.11 bits per heavy atom. The minimum absolute atomic E-state index is 0.00398. The number of nitrogens with zero attached hydrogens (tertiary/aromatic N) is 1. The number of Topliss-reactive ketones (excluding diaryl/α,β-unsaturated/α-hetero) is 1. The van der Waals surface area contributed by atoms with Crippen LogP contribution >= 0.6 is 11.6 Å². The van der Waals surface area contributed by atoms with Crippen LogP contribution in [0.1, 0.15) is 12.7 Å². The predicted molar refractivity (Wildman–Crippen MR) is 70.2 cm³/mol. The maximum Gasteiger partial charge on any atom is 0.270 e. The summed E-state index contributed by atoms with van der Waals surface area (Å²) < 4.78 is 5.49. The highest BCUT2D eigenvalue weighted by molar-refractivity contribution is 6.33. The Hall–Kier alpha value is -2.14. The summed E-state index contributed by atoms with van der Waals surface area (Å²) >= 11 is 5.99. The lowest BCUT2D eigenvalue weighted by Crippen LogP contribution is -1.93. The van der Waals surface area contributed by atoms with Gasteiger partial charge in [-0.2, -0.15) is 0 Å². The third kappa shape index (κ3) is 3.00. The fourth-order valence-electron chi connectivity index (χ4n) is 1.68. The summed E-state index contributed by atoms with van der Waals surface area (Å²) in [6.07, 6.45) is 0.213. The van der Waals surface area contributed by atoms with Gasteiger partial charge < -0.3 is 4.42 Å². The van der Waals surface area contributed by atoms with Crippen LogP contribution in [0.3, 0.4) is 0 Å². The number of rotatable bonds is 4. The van der Waals surface area contributed by atoms with Gasteiger partial charge in [0.25, 0.3) is 5.69 Å². The van der Waals surface area contributed by atoms with Crippen LogP contribution in [0.2, 0.25) is 5.02 Å². The Morgan fingerprint density at radius 3 is 2.68 bits per heavy atom. The number of non-ortho nitro benzene ring substituents is 1. The molecule has 2 aromatic rings. The fourth-order valence-corrected chi connectivity index (χ4v) is 1.95. The predicted octanol–water partition coefficient (Wildman–Crippen LogP) is 3.64. The summed E-state index contributed by atoms with van der Waals surface area (Å²) in [6.45, 7) is 1.47. The molecule has 6 heteroatoms. The van der Waals surface area contributed by atoms with E-state index in [1.807, 2.05) is 0 Å². The Kier molecular flexibility index (Phi) is 3.66. The van der Waals surface area contributed by atoms with Gasteiger partial charge in [-0.25, -0.2) is 0 Å². The number of nitro benzene ring substituents is 1. The molecule has 0 aliphatic heterocycles. The first-order valence-corrected chi connectivity index (χ1v) is 5.87. The second kappa shape index (κ2) is 5.24. The van der Waals surface area contributed by atoms with E-state index in [-0.39, 0.29) is 22.9 Å². The zero-order valence-corrected chi connectivity index (χ0v) is 10.8. The summed E-state index contributed by atoms with van der Waals surface area (Å²) in [5.41, 5.74) is 0.478. The van der Waals surface area contributed by atoms with Gasteiger partial charge in [-0.1, -0.05) is 11.6 Å². The van der Waals surface area contributed by atoms with Crippen LogP contribution in [-0.4, -0.2) is 10.7 Å². The molecule has 98 valence electrons. The molecule has 2 rings (SSSR count). The van der Waals surface area contributed by atoms with Crippen molar-refractivity contribution in [1.29, 1.82) is 0 Å². The van der Waals surface area contributed by atoms with E-state index < -0.39 is 4.92 Å². The van der Waals surface area contributed by atoms with Crippen LogP contribution in [0, 0.1) is 10.1 Å². The molecule has 0 aliphatic rings. The van der Waals surface area contributed by atoms with E-state index in [4.69, 9.17) is 16.0 Å². The smallest absolute Gasteiger partial charge is 0.270 e. The van der Waals surface area contributed by atoms with E-state index in [0.717, 1.165) is 0 Å². The molecular weight excluding hydrogens is 270 g/mol. The third-order valence-electron chi connectivity index (χ3n) is 2.51. The number of benzene rings is 1. The number of hydrogen-bond acceptors (Lipinski definition) is 4. The molecule has 0 fully saturated rings. The van der Waals surface area contributed by atoms with Crippen LogP contribution in [0.15, 0.2) is 34.7 Å². The Bertz CT molecular complexity index is 648. The zero-order valence-electron chi connectivity index (χ0n) is 10.1. The van der Waals surface area contributed by atoms with Crippen molar-refractivity contribution in [3.63, 3.8) is 0 Å². The first kappa shape index (κ1) is 13.3. The van der Waals surface area contributed by atoms with Gasteiger partial charge >= 0.3 is 0 Å². The molecule has 1 aromatic carbocycles. The summed E-state index contributed by atoms with van der Waals surface area (Å²) in [5.74, 6) is 1.02. The molecule has 0 saturated heterocycles. The lowest BCUT2D eigenvalue weighted by Gasteiger charge is -2.00. The highest BCUT2D eigenvalue weighted by Gasteiger charge is 2.13. The lowest BCUT2D eigenvalue weighted by molar-refractivity contribution is -0.384. The molecular formula is C13H10ClNO4. The van der Waals surface area contributed by atoms with Crippen molar-refractivity contribution < 1.29 is 14.1 Å². The van der Waals surface area contributed by atoms with Gasteiger partial charge in [-0.3, -0.25) is 14.9 Å². The van der Waals surface area contributed by atoms with E-state index in [0.29, 0.717) is 17.1 Å². The molecule has 0 aliphatic carbocycles. The van der Waals surface area contributed by atoms with Gasteiger partial charge in [0.05, 0.1) is 16.4 Å². The molecule has 0 bridgehead atoms. The van der Waals surface area contributed by atoms with Crippen molar-refractivity contribution in [1.82, 2.24) is 0 Å². The minimum Gasteiger partial charge on any atom is -0.461 e. The van der Waals surface area contributed by atoms with Crippen molar-refractivity contribution in [2.45, 2.75) is 13.3 Å². The maximum absolute atomic E-state index is 11.0. The first-order chi connectivity index (χ1) is 8.97. The van der Waals surface area contributed by atoms with Crippen LogP contribution in [0.4, 0.5) is 5.69 Å². The molecule has 0 atom stereocenters. The van der Waals surface area contributed by atoms with Gasteiger partial charge in [0.1, 0.15) is 17.3 Å². The normalized spacial score (nSPS) is 10.4. The average Bonchev–Trinajstić information content (AvgIpc) is 2.76. The number of carbonyl (C=O) groups is 1. The zero-order chi connectivity index (χ0) is 14.0. The molecule has 0 spiro atoms. The standard InChI is InChI=1S/C13H10ClNO4/c1-8(16)6-10-3-5-13(19-10)11-4-2-9(15(17)18)7-12(11)14/h2-5,7H,6H2,1H3. The largest absolute Gasteiger partial charge is 0.461 e. The van der Waals surface area contributed by atoms with Gasteiger partial charge in [0.2, 0.25) is 0 Å². The quantitative estimate of drug-likeness (QED) is 0.632. The van der Waals surface area contributed by atoms with Gasteiger partial charge in [0, 0.05) is 17.7 Å². The van der Waals surface area contributed by atoms with Crippen molar-refractivity contribution in [3.8, 4) is 11.3 Å². The first-order valence-electron chi connectivity index (χ1n) is 5.50. The SMILES string of the molecule is CC(=O)Cc1ccc(-c2ccc([N+](=O)[O-])cc2Cl)o1. The van der Waals surface area contributed by atoms with Crippen LogP contribution < -0.4 is 0 Å². The maximum atomic E-state index is 11.0. The van der Waals surface area contributed by atoms with E-state index in [1.165, 1.54) is 25.1 Å². The Balaban J connectivity index is 2.34. The van der Waals surface area contributed by atoms with Gasteiger partial charge in [0.15, 0.2) is 0 Å². The topological polar surface area (TPSA) is 73.3 Å². The molecule has 1 aromatic heterocycles. The lowest BCUT2D eigenvalue weighted by atomic mass is 10.1. The van der Waals surface area contributed by atoms with Gasteiger partial charge in [-0.15, -0.1) is 0 Å². The fraction of sp³-hybridized carbons (Fsp3) is 0.154. The summed E-state index contributed by atoms with van der Waals surface area (Å²) in [7, 11) is 0. The Morgan fingerprint density at radius 1 is 1.37 bits per heavy atom. The second-order valence-corrected chi connectivity index (χ2v) is 4.47. The van der Waals surface area contributed by atoms with E-state index >= 15 is 0 Å². The van der Waals surface area contributed by atoms with Crippen molar-refractivity contribution in [2.24, 2.45) is 0 Å². The number of ketones is 1. The van der Waals surface area contributed by atoms with Crippen molar-refractivity contribution >= 4 is 23.1 Å². The Labute approximate surface area is 113 Å². The van der Waals surface area contributed by atoms with Crippen molar-refractivity contribution in [2.75, 3.05) is 0 Å². The van der Waals surface area contributed by atoms with Gasteiger partial charge in [-0.05, 0) is 25.1 Å². The molecule has 19 heavy (non-hydrogen) atoms. The molecule has 0 amide bonds. The number of halogens is 1. The minimum atomic E-state index is -0.515. The number of hydrogen-bond donors (Lipinski definition) is 0.